The number of likely N-dealkylation sites (tertiary alicyclic amines) is 1. The van der Waals surface area contributed by atoms with Crippen LogP contribution in [0.1, 0.15) is 56.2 Å². The normalized spacial score (nSPS) is 23.3. The predicted molar refractivity (Wildman–Crippen MR) is 165 cm³/mol. The van der Waals surface area contributed by atoms with Gasteiger partial charge in [-0.15, -0.1) is 0 Å². The van der Waals surface area contributed by atoms with E-state index in [1.807, 2.05) is 39.8 Å². The Kier molecular flexibility index (Phi) is 8.19. The number of methoxy groups -OCH3 is 2. The Balaban J connectivity index is 1.60. The van der Waals surface area contributed by atoms with Gasteiger partial charge in [-0.25, -0.2) is 9.59 Å². The van der Waals surface area contributed by atoms with Gasteiger partial charge in [-0.2, -0.15) is 0 Å². The molecular formula is C30H32N2O7S3. The first-order chi connectivity index (χ1) is 19.8. The number of nitrogens with zero attached hydrogens (tertiary/aromatic N) is 2. The van der Waals surface area contributed by atoms with E-state index in [2.05, 4.69) is 0 Å². The number of hydrogen-bond acceptors (Lipinski definition) is 10. The van der Waals surface area contributed by atoms with Crippen LogP contribution in [0.25, 0.3) is 5.57 Å². The van der Waals surface area contributed by atoms with Crippen LogP contribution in [-0.4, -0.2) is 65.7 Å². The lowest BCUT2D eigenvalue weighted by Crippen LogP contribution is -2.58. The summed E-state index contributed by atoms with van der Waals surface area (Å²) >= 11 is 8.23. The van der Waals surface area contributed by atoms with Crippen LogP contribution in [0, 0.1) is 25.7 Å². The highest BCUT2D eigenvalue weighted by Crippen LogP contribution is 2.56. The molecule has 1 saturated carbocycles. The number of thioether (sulfide) groups is 2. The predicted octanol–water partition coefficient (Wildman–Crippen LogP) is 4.68. The van der Waals surface area contributed by atoms with Gasteiger partial charge in [0.1, 0.15) is 16.4 Å². The van der Waals surface area contributed by atoms with E-state index in [0.29, 0.717) is 38.8 Å². The van der Waals surface area contributed by atoms with E-state index in [9.17, 15) is 24.0 Å². The summed E-state index contributed by atoms with van der Waals surface area (Å²) in [5.41, 5.74) is 2.59. The number of fused-ring (bicyclic) bond motifs is 2. The number of thiocarbonyl (C=S) groups is 1. The topological polar surface area (TPSA) is 110 Å². The molecule has 2 unspecified atom stereocenters. The van der Waals surface area contributed by atoms with E-state index in [1.54, 1.807) is 4.90 Å². The van der Waals surface area contributed by atoms with Gasteiger partial charge in [0.15, 0.2) is 0 Å². The standard InChI is InChI=1S/C30H32N2O7S3/c1-14-11-15(2)21-18(12-14)20(29-41-22(27(36)38-5)23(42-29)28(37)39-6)24(40)30(3,4)32(21)19(33)13-31-25(34)16-9-7-8-10-17(16)26(31)35/h11-12,16-17H,7-10,13H2,1-6H3. The molecule has 2 fully saturated rings. The Morgan fingerprint density at radius 3 is 1.98 bits per heavy atom. The molecule has 12 heteroatoms. The number of aryl methyl sites for hydroxylation is 2. The Bertz CT molecular complexity index is 1470. The lowest BCUT2D eigenvalue weighted by Gasteiger charge is -2.46. The summed E-state index contributed by atoms with van der Waals surface area (Å²) in [5.74, 6) is -2.97. The van der Waals surface area contributed by atoms with E-state index in [-0.39, 0.29) is 40.0 Å². The van der Waals surface area contributed by atoms with E-state index < -0.39 is 23.4 Å². The van der Waals surface area contributed by atoms with Gasteiger partial charge in [0.25, 0.3) is 0 Å². The number of ether oxygens (including phenoxy) is 2. The molecule has 1 saturated heterocycles. The third-order valence-electron chi connectivity index (χ3n) is 8.30. The van der Waals surface area contributed by atoms with Crippen LogP contribution in [0.3, 0.4) is 0 Å². The van der Waals surface area contributed by atoms with Crippen molar-refractivity contribution in [1.82, 2.24) is 4.90 Å². The monoisotopic (exact) mass is 628 g/mol. The number of carbonyl (C=O) groups excluding carboxylic acids is 5. The summed E-state index contributed by atoms with van der Waals surface area (Å²) in [6.07, 6.45) is 3.14. The van der Waals surface area contributed by atoms with Crippen molar-refractivity contribution in [3.8, 4) is 0 Å². The highest BCUT2D eigenvalue weighted by Gasteiger charge is 2.51. The third-order valence-corrected chi connectivity index (χ3v) is 11.6. The summed E-state index contributed by atoms with van der Waals surface area (Å²) < 4.78 is 10.5. The second kappa shape index (κ2) is 11.3. The Hall–Kier alpha value is -2.96. The fourth-order valence-electron chi connectivity index (χ4n) is 6.34. The molecule has 1 aliphatic carbocycles. The van der Waals surface area contributed by atoms with Crippen molar-refractivity contribution < 1.29 is 33.4 Å². The van der Waals surface area contributed by atoms with Crippen molar-refractivity contribution in [1.29, 1.82) is 0 Å². The first kappa shape index (κ1) is 30.5. The number of amides is 3. The fourth-order valence-corrected chi connectivity index (χ4v) is 9.38. The molecule has 2 atom stereocenters. The maximum Gasteiger partial charge on any atom is 0.346 e. The molecular weight excluding hydrogens is 597 g/mol. The van der Waals surface area contributed by atoms with Crippen LogP contribution in [0.2, 0.25) is 0 Å². The number of imide groups is 1. The average molecular weight is 629 g/mol. The molecule has 3 heterocycles. The number of carbonyl (C=O) groups is 5. The van der Waals surface area contributed by atoms with Crippen LogP contribution in [0.4, 0.5) is 5.69 Å². The van der Waals surface area contributed by atoms with Gasteiger partial charge in [0, 0.05) is 11.1 Å². The summed E-state index contributed by atoms with van der Waals surface area (Å²) in [7, 11) is 2.48. The van der Waals surface area contributed by atoms with E-state index in [1.165, 1.54) is 14.2 Å². The van der Waals surface area contributed by atoms with Crippen molar-refractivity contribution in [3.05, 3.63) is 42.9 Å². The third kappa shape index (κ3) is 4.81. The first-order valence-corrected chi connectivity index (χ1v) is 15.7. The molecule has 0 radical (unpaired) electrons. The summed E-state index contributed by atoms with van der Waals surface area (Å²) in [4.78, 5) is 69.2. The smallest absolute Gasteiger partial charge is 0.346 e. The number of rotatable bonds is 4. The molecule has 42 heavy (non-hydrogen) atoms. The van der Waals surface area contributed by atoms with Gasteiger partial charge in [0.2, 0.25) is 17.7 Å². The van der Waals surface area contributed by atoms with Crippen molar-refractivity contribution in [2.45, 2.75) is 58.9 Å². The number of hydrogen-bond donors (Lipinski definition) is 0. The summed E-state index contributed by atoms with van der Waals surface area (Å²) in [6, 6.07) is 3.88. The molecule has 9 nitrogen and oxygen atoms in total. The molecule has 0 N–H and O–H groups in total. The van der Waals surface area contributed by atoms with Crippen molar-refractivity contribution >= 4 is 81.5 Å². The van der Waals surface area contributed by atoms with Gasteiger partial charge < -0.3 is 9.47 Å². The molecule has 0 aromatic heterocycles. The number of esters is 2. The number of anilines is 1. The fraction of sp³-hybridized carbons (Fsp3) is 0.467. The highest BCUT2D eigenvalue weighted by atomic mass is 32.2. The molecule has 1 aromatic carbocycles. The Morgan fingerprint density at radius 2 is 1.48 bits per heavy atom. The van der Waals surface area contributed by atoms with Crippen LogP contribution < -0.4 is 4.90 Å². The van der Waals surface area contributed by atoms with Crippen LogP contribution in [-0.2, 0) is 33.4 Å². The molecule has 222 valence electrons. The number of benzene rings is 1. The van der Waals surface area contributed by atoms with Crippen LogP contribution in [0.15, 0.2) is 26.2 Å². The molecule has 3 amide bonds. The van der Waals surface area contributed by atoms with E-state index in [4.69, 9.17) is 21.7 Å². The molecule has 3 aliphatic heterocycles. The average Bonchev–Trinajstić information content (AvgIpc) is 3.49. The maximum absolute atomic E-state index is 14.2. The lowest BCUT2D eigenvalue weighted by molar-refractivity contribution is -0.143. The molecule has 0 bridgehead atoms. The second-order valence-corrected chi connectivity index (χ2v) is 14.1. The second-order valence-electron chi connectivity index (χ2n) is 11.4. The molecule has 5 rings (SSSR count). The Morgan fingerprint density at radius 1 is 0.952 bits per heavy atom. The van der Waals surface area contributed by atoms with Crippen LogP contribution in [0.5, 0.6) is 0 Å². The SMILES string of the molecule is COC(=O)C1=C(C(=O)OC)SC(=C2C(=S)C(C)(C)N(C(=O)CN3C(=O)C4CCCCC4C3=O)c3c(C)cc(C)cc32)S1. The van der Waals surface area contributed by atoms with E-state index in [0.717, 1.165) is 52.4 Å². The Labute approximate surface area is 258 Å². The largest absolute Gasteiger partial charge is 0.465 e. The van der Waals surface area contributed by atoms with Crippen molar-refractivity contribution in [3.63, 3.8) is 0 Å². The zero-order valence-corrected chi connectivity index (χ0v) is 26.8. The highest BCUT2D eigenvalue weighted by molar-refractivity contribution is 8.29. The molecule has 4 aliphatic rings. The summed E-state index contributed by atoms with van der Waals surface area (Å²) in [5, 5.41) is 0. The molecule has 0 spiro atoms. The lowest BCUT2D eigenvalue weighted by atomic mass is 9.81. The quantitative estimate of drug-likeness (QED) is 0.202. The summed E-state index contributed by atoms with van der Waals surface area (Å²) in [6.45, 7) is 7.11. The maximum atomic E-state index is 14.2. The zero-order chi connectivity index (χ0) is 30.7. The van der Waals surface area contributed by atoms with Gasteiger partial charge in [0.05, 0.1) is 46.4 Å². The van der Waals surface area contributed by atoms with Gasteiger partial charge in [-0.05, 0) is 52.2 Å². The minimum absolute atomic E-state index is 0.106. The molecule has 1 aromatic rings. The van der Waals surface area contributed by atoms with Crippen molar-refractivity contribution in [2.75, 3.05) is 25.7 Å². The van der Waals surface area contributed by atoms with E-state index >= 15 is 0 Å². The minimum atomic E-state index is -1.05. The minimum Gasteiger partial charge on any atom is -0.465 e. The van der Waals surface area contributed by atoms with Gasteiger partial charge in [-0.1, -0.05) is 60.2 Å². The van der Waals surface area contributed by atoms with Crippen LogP contribution >= 0.6 is 35.7 Å². The van der Waals surface area contributed by atoms with Gasteiger partial charge >= 0.3 is 11.9 Å². The first-order valence-electron chi connectivity index (χ1n) is 13.7. The van der Waals surface area contributed by atoms with Crippen molar-refractivity contribution in [2.24, 2.45) is 11.8 Å². The zero-order valence-electron chi connectivity index (χ0n) is 24.3. The van der Waals surface area contributed by atoms with Gasteiger partial charge in [-0.3, -0.25) is 24.2 Å².